The van der Waals surface area contributed by atoms with Gasteiger partial charge >= 0.3 is 12.2 Å². The number of nitrogens with one attached hydrogen (secondary N) is 1. The van der Waals surface area contributed by atoms with Gasteiger partial charge in [0.25, 0.3) is 5.91 Å². The highest BCUT2D eigenvalue weighted by Crippen LogP contribution is 2.33. The van der Waals surface area contributed by atoms with Crippen LogP contribution in [0.5, 0.6) is 0 Å². The lowest BCUT2D eigenvalue weighted by atomic mass is 9.82. The van der Waals surface area contributed by atoms with Gasteiger partial charge in [-0.05, 0) is 30.5 Å². The number of nitrogens with zero attached hydrogens (tertiary/aromatic N) is 2. The number of hydrogen-bond acceptors (Lipinski definition) is 3. The highest BCUT2D eigenvalue weighted by molar-refractivity contribution is 6.07. The Hall–Kier alpha value is -2.38. The number of hydrogen-bond donors (Lipinski definition) is 1. The van der Waals surface area contributed by atoms with E-state index in [1.807, 2.05) is 0 Å². The molecule has 8 heteroatoms. The van der Waals surface area contributed by atoms with Crippen LogP contribution in [0.2, 0.25) is 0 Å². The van der Waals surface area contributed by atoms with Gasteiger partial charge in [-0.25, -0.2) is 4.79 Å². The summed E-state index contributed by atoms with van der Waals surface area (Å²) in [5.74, 6) is -0.393. The number of carbonyl (C=O) groups is 2. The third-order valence-electron chi connectivity index (χ3n) is 4.41. The maximum absolute atomic E-state index is 12.5. The van der Waals surface area contributed by atoms with Crippen molar-refractivity contribution in [2.45, 2.75) is 43.8 Å². The molecular formula is C16H16F3N3O2. The Morgan fingerprint density at radius 1 is 1.08 bits per heavy atom. The van der Waals surface area contributed by atoms with E-state index in [-0.39, 0.29) is 0 Å². The molecule has 1 spiro atoms. The van der Waals surface area contributed by atoms with Gasteiger partial charge in [0.05, 0.1) is 11.8 Å². The smallest absolute Gasteiger partial charge is 0.321 e. The molecule has 3 amide bonds. The summed E-state index contributed by atoms with van der Waals surface area (Å²) in [7, 11) is 0. The number of rotatable bonds is 2. The molecule has 0 bridgehead atoms. The van der Waals surface area contributed by atoms with E-state index in [0.29, 0.717) is 18.4 Å². The number of hydrazone groups is 1. The third kappa shape index (κ3) is 3.00. The Bertz CT molecular complexity index is 677. The lowest BCUT2D eigenvalue weighted by molar-refractivity contribution is -0.137. The predicted octanol–water partition coefficient (Wildman–Crippen LogP) is 3.29. The van der Waals surface area contributed by atoms with Crippen LogP contribution in [-0.4, -0.2) is 28.7 Å². The van der Waals surface area contributed by atoms with Gasteiger partial charge < -0.3 is 5.32 Å². The van der Waals surface area contributed by atoms with Crippen LogP contribution in [0.1, 0.15) is 43.2 Å². The van der Waals surface area contributed by atoms with Gasteiger partial charge in [0.1, 0.15) is 5.54 Å². The highest BCUT2D eigenvalue weighted by Gasteiger charge is 2.51. The zero-order valence-corrected chi connectivity index (χ0v) is 12.8. The Kier molecular flexibility index (Phi) is 4.06. The third-order valence-corrected chi connectivity index (χ3v) is 4.41. The molecule has 1 aliphatic carbocycles. The molecule has 0 aromatic heterocycles. The average Bonchev–Trinajstić information content (AvgIpc) is 2.76. The van der Waals surface area contributed by atoms with Crippen LogP contribution in [0.3, 0.4) is 0 Å². The number of alkyl halides is 3. The van der Waals surface area contributed by atoms with Gasteiger partial charge in [0.15, 0.2) is 0 Å². The molecule has 1 N–H and O–H groups in total. The van der Waals surface area contributed by atoms with Gasteiger partial charge in [-0.1, -0.05) is 31.4 Å². The van der Waals surface area contributed by atoms with Crippen LogP contribution in [0.25, 0.3) is 0 Å². The van der Waals surface area contributed by atoms with Crippen molar-refractivity contribution in [2.75, 3.05) is 0 Å². The first-order valence-electron chi connectivity index (χ1n) is 7.70. The van der Waals surface area contributed by atoms with Crippen LogP contribution in [-0.2, 0) is 11.0 Å². The van der Waals surface area contributed by atoms with Crippen molar-refractivity contribution in [3.63, 3.8) is 0 Å². The van der Waals surface area contributed by atoms with Crippen molar-refractivity contribution in [1.82, 2.24) is 10.3 Å². The number of halogens is 3. The molecule has 5 nitrogen and oxygen atoms in total. The first-order chi connectivity index (χ1) is 11.3. The van der Waals surface area contributed by atoms with E-state index in [2.05, 4.69) is 10.4 Å². The quantitative estimate of drug-likeness (QED) is 0.664. The zero-order valence-electron chi connectivity index (χ0n) is 12.8. The van der Waals surface area contributed by atoms with E-state index in [4.69, 9.17) is 0 Å². The van der Waals surface area contributed by atoms with Crippen LogP contribution in [0.4, 0.5) is 18.0 Å². The van der Waals surface area contributed by atoms with Crippen molar-refractivity contribution in [1.29, 1.82) is 0 Å². The van der Waals surface area contributed by atoms with E-state index in [1.165, 1.54) is 18.3 Å². The molecule has 1 aromatic rings. The average molecular weight is 339 g/mol. The summed E-state index contributed by atoms with van der Waals surface area (Å²) in [6.45, 7) is 0. The fraction of sp³-hybridized carbons (Fsp3) is 0.438. The number of amides is 3. The molecule has 24 heavy (non-hydrogen) atoms. The van der Waals surface area contributed by atoms with Crippen molar-refractivity contribution < 1.29 is 22.8 Å². The summed E-state index contributed by atoms with van der Waals surface area (Å²) in [6.07, 6.45) is 0.728. The largest absolute Gasteiger partial charge is 0.416 e. The lowest BCUT2D eigenvalue weighted by Gasteiger charge is -2.29. The minimum Gasteiger partial charge on any atom is -0.321 e. The predicted molar refractivity (Wildman–Crippen MR) is 80.2 cm³/mol. The topological polar surface area (TPSA) is 61.8 Å². The minimum atomic E-state index is -4.41. The van der Waals surface area contributed by atoms with Gasteiger partial charge in [-0.15, -0.1) is 5.01 Å². The van der Waals surface area contributed by atoms with Crippen LogP contribution >= 0.6 is 0 Å². The van der Waals surface area contributed by atoms with Crippen molar-refractivity contribution in [2.24, 2.45) is 5.10 Å². The molecule has 1 aliphatic heterocycles. The first kappa shape index (κ1) is 16.5. The van der Waals surface area contributed by atoms with Gasteiger partial charge in [-0.3, -0.25) is 4.79 Å². The molecule has 128 valence electrons. The maximum Gasteiger partial charge on any atom is 0.416 e. The Labute approximate surface area is 136 Å². The Balaban J connectivity index is 1.74. The van der Waals surface area contributed by atoms with Crippen molar-refractivity contribution in [3.05, 3.63) is 35.4 Å². The van der Waals surface area contributed by atoms with E-state index >= 15 is 0 Å². The molecule has 0 radical (unpaired) electrons. The van der Waals surface area contributed by atoms with E-state index in [0.717, 1.165) is 36.4 Å². The highest BCUT2D eigenvalue weighted by atomic mass is 19.4. The van der Waals surface area contributed by atoms with Gasteiger partial charge in [-0.2, -0.15) is 18.3 Å². The van der Waals surface area contributed by atoms with Crippen LogP contribution in [0, 0.1) is 0 Å². The summed E-state index contributed by atoms with van der Waals surface area (Å²) < 4.78 is 37.5. The molecule has 1 saturated heterocycles. The molecule has 3 rings (SSSR count). The van der Waals surface area contributed by atoms with Crippen molar-refractivity contribution in [3.8, 4) is 0 Å². The monoisotopic (exact) mass is 339 g/mol. The molecule has 1 saturated carbocycles. The second kappa shape index (κ2) is 5.92. The summed E-state index contributed by atoms with van der Waals surface area (Å²) in [5, 5.41) is 7.34. The fourth-order valence-corrected chi connectivity index (χ4v) is 3.09. The fourth-order valence-electron chi connectivity index (χ4n) is 3.09. The molecule has 2 fully saturated rings. The number of imide groups is 1. The summed E-state index contributed by atoms with van der Waals surface area (Å²) in [4.78, 5) is 24.5. The SMILES string of the molecule is O=C1NC2(CCCCC2)C(=O)N1N=Cc1ccc(C(F)(F)F)cc1. The lowest BCUT2D eigenvalue weighted by Crippen LogP contribution is -2.48. The molecule has 2 aliphatic rings. The summed E-state index contributed by atoms with van der Waals surface area (Å²) in [5.41, 5.74) is -1.27. The van der Waals surface area contributed by atoms with Gasteiger partial charge in [0, 0.05) is 0 Å². The van der Waals surface area contributed by atoms with E-state index in [1.54, 1.807) is 0 Å². The van der Waals surface area contributed by atoms with E-state index < -0.39 is 29.2 Å². The number of urea groups is 1. The molecule has 0 unspecified atom stereocenters. The molecular weight excluding hydrogens is 323 g/mol. The number of benzene rings is 1. The second-order valence-electron chi connectivity index (χ2n) is 6.05. The Morgan fingerprint density at radius 2 is 1.71 bits per heavy atom. The first-order valence-corrected chi connectivity index (χ1v) is 7.70. The van der Waals surface area contributed by atoms with Gasteiger partial charge in [0.2, 0.25) is 0 Å². The molecule has 1 heterocycles. The minimum absolute atomic E-state index is 0.369. The van der Waals surface area contributed by atoms with Crippen LogP contribution in [0.15, 0.2) is 29.4 Å². The standard InChI is InChI=1S/C16H16F3N3O2/c17-16(18,19)12-6-4-11(5-7-12)10-20-22-13(23)15(21-14(22)24)8-2-1-3-9-15/h4-7,10H,1-3,8-9H2,(H,21,24). The van der Waals surface area contributed by atoms with Crippen LogP contribution < -0.4 is 5.32 Å². The normalized spacial score (nSPS) is 20.9. The second-order valence-corrected chi connectivity index (χ2v) is 6.05. The maximum atomic E-state index is 12.5. The zero-order chi connectivity index (χ0) is 17.4. The molecule has 1 aromatic carbocycles. The summed E-state index contributed by atoms with van der Waals surface area (Å²) in [6, 6.07) is 3.73. The Morgan fingerprint density at radius 3 is 2.29 bits per heavy atom. The molecule has 0 atom stereocenters. The summed E-state index contributed by atoms with van der Waals surface area (Å²) >= 11 is 0. The van der Waals surface area contributed by atoms with Crippen molar-refractivity contribution >= 4 is 18.2 Å². The number of carbonyl (C=O) groups excluding carboxylic acids is 2. The van der Waals surface area contributed by atoms with E-state index in [9.17, 15) is 22.8 Å².